The number of carbonyl (C=O) groups is 4. The number of rotatable bonds is 7. The highest BCUT2D eigenvalue weighted by Gasteiger charge is 2.39. The summed E-state index contributed by atoms with van der Waals surface area (Å²) in [7, 11) is 0. The normalized spacial score (nSPS) is 22.2. The largest absolute Gasteiger partial charge is 0.368 e. The van der Waals surface area contributed by atoms with E-state index in [1.807, 2.05) is 0 Å². The Kier molecular flexibility index (Phi) is 9.35. The molecule has 0 aromatic carbocycles. The van der Waals surface area contributed by atoms with Crippen LogP contribution in [-0.2, 0) is 9.59 Å². The monoisotopic (exact) mass is 512 g/mol. The first-order chi connectivity index (χ1) is 17.9. The number of urea groups is 1. The van der Waals surface area contributed by atoms with Crippen molar-refractivity contribution in [2.45, 2.75) is 88.8 Å². The number of piperazine rings is 1. The van der Waals surface area contributed by atoms with Crippen LogP contribution in [0.1, 0.15) is 81.0 Å². The molecule has 5 amide bonds. The first kappa shape index (κ1) is 26.9. The molecule has 0 spiro atoms. The van der Waals surface area contributed by atoms with Crippen molar-refractivity contribution in [2.75, 3.05) is 19.6 Å². The molecule has 0 radical (unpaired) electrons. The molecule has 1 aliphatic heterocycles. The number of primary amides is 1. The Hall–Kier alpha value is -3.17. The standard InChI is InChI=1S/C27H40N6O4/c28-24(34)22(16-19-8-3-1-4-9-19)31-25(35)23-18-32(26(36)20-10-7-13-29-17-20)14-15-33(23)27(37)30-21-11-5-2-6-12-21/h7,10,13,17,19,21-23H,1-6,8-9,11-12,14-16,18H2,(H2,28,34)(H,30,37)(H,31,35)/t22-,23-/m0/s1. The number of nitrogens with one attached hydrogen (secondary N) is 2. The Bertz CT molecular complexity index is 945. The smallest absolute Gasteiger partial charge is 0.318 e. The van der Waals surface area contributed by atoms with Gasteiger partial charge in [0.15, 0.2) is 0 Å². The van der Waals surface area contributed by atoms with Gasteiger partial charge in [0.25, 0.3) is 5.91 Å². The lowest BCUT2D eigenvalue weighted by Crippen LogP contribution is -2.65. The molecular weight excluding hydrogens is 472 g/mol. The Labute approximate surface area is 218 Å². The summed E-state index contributed by atoms with van der Waals surface area (Å²) in [4.78, 5) is 59.4. The number of hydrogen-bond acceptors (Lipinski definition) is 5. The molecule has 1 aromatic heterocycles. The van der Waals surface area contributed by atoms with Crippen molar-refractivity contribution < 1.29 is 19.2 Å². The third-order valence-corrected chi connectivity index (χ3v) is 8.03. The first-order valence-electron chi connectivity index (χ1n) is 13.8. The number of pyridine rings is 1. The highest BCUT2D eigenvalue weighted by molar-refractivity contribution is 5.96. The zero-order chi connectivity index (χ0) is 26.2. The summed E-state index contributed by atoms with van der Waals surface area (Å²) in [6, 6.07) is 1.43. The fourth-order valence-corrected chi connectivity index (χ4v) is 5.88. The minimum absolute atomic E-state index is 0.0343. The van der Waals surface area contributed by atoms with Crippen LogP contribution in [0.4, 0.5) is 4.79 Å². The SMILES string of the molecule is NC(=O)[C@H](CC1CCCCC1)NC(=O)[C@@H]1CN(C(=O)c2cccnc2)CCN1C(=O)NC1CCCCC1. The quantitative estimate of drug-likeness (QED) is 0.514. The molecule has 2 heterocycles. The molecular formula is C27H40N6O4. The summed E-state index contributed by atoms with van der Waals surface area (Å²) in [5.41, 5.74) is 6.11. The first-order valence-corrected chi connectivity index (χ1v) is 13.8. The van der Waals surface area contributed by atoms with Crippen molar-refractivity contribution in [3.63, 3.8) is 0 Å². The van der Waals surface area contributed by atoms with Crippen molar-refractivity contribution in [3.05, 3.63) is 30.1 Å². The molecule has 3 aliphatic rings. The number of nitrogens with two attached hydrogens (primary N) is 1. The van der Waals surface area contributed by atoms with E-state index >= 15 is 0 Å². The van der Waals surface area contributed by atoms with Crippen LogP contribution < -0.4 is 16.4 Å². The van der Waals surface area contributed by atoms with E-state index in [2.05, 4.69) is 15.6 Å². The van der Waals surface area contributed by atoms with E-state index < -0.39 is 23.9 Å². The van der Waals surface area contributed by atoms with Gasteiger partial charge in [-0.05, 0) is 37.3 Å². The zero-order valence-corrected chi connectivity index (χ0v) is 21.6. The lowest BCUT2D eigenvalue weighted by atomic mass is 9.84. The molecule has 1 aromatic rings. The molecule has 37 heavy (non-hydrogen) atoms. The predicted octanol–water partition coefficient (Wildman–Crippen LogP) is 2.19. The van der Waals surface area contributed by atoms with Crippen LogP contribution >= 0.6 is 0 Å². The maximum atomic E-state index is 13.6. The van der Waals surface area contributed by atoms with Gasteiger partial charge in [0, 0.05) is 31.5 Å². The minimum atomic E-state index is -0.925. The minimum Gasteiger partial charge on any atom is -0.368 e. The summed E-state index contributed by atoms with van der Waals surface area (Å²) in [5.74, 6) is -0.933. The van der Waals surface area contributed by atoms with Gasteiger partial charge in [-0.2, -0.15) is 0 Å². The molecule has 202 valence electrons. The lowest BCUT2D eigenvalue weighted by molar-refractivity contribution is -0.131. The summed E-state index contributed by atoms with van der Waals surface area (Å²) < 4.78 is 0. The van der Waals surface area contributed by atoms with Gasteiger partial charge >= 0.3 is 6.03 Å². The van der Waals surface area contributed by atoms with Gasteiger partial charge in [-0.1, -0.05) is 51.4 Å². The average Bonchev–Trinajstić information content (AvgIpc) is 2.93. The number of carbonyl (C=O) groups excluding carboxylic acids is 4. The van der Waals surface area contributed by atoms with Gasteiger partial charge in [0.1, 0.15) is 12.1 Å². The van der Waals surface area contributed by atoms with E-state index in [0.717, 1.165) is 51.4 Å². The highest BCUT2D eigenvalue weighted by atomic mass is 16.2. The summed E-state index contributed by atoms with van der Waals surface area (Å²) in [6.45, 7) is 0.552. The molecule has 2 atom stereocenters. The van der Waals surface area contributed by atoms with E-state index in [-0.39, 0.29) is 31.1 Å². The van der Waals surface area contributed by atoms with Gasteiger partial charge in [0.2, 0.25) is 11.8 Å². The van der Waals surface area contributed by atoms with E-state index in [1.54, 1.807) is 23.2 Å². The van der Waals surface area contributed by atoms with Gasteiger partial charge in [-0.25, -0.2) is 4.79 Å². The second kappa shape index (κ2) is 12.9. The Balaban J connectivity index is 1.48. The van der Waals surface area contributed by atoms with Crippen molar-refractivity contribution >= 4 is 23.8 Å². The third kappa shape index (κ3) is 7.20. The van der Waals surface area contributed by atoms with Crippen LogP contribution in [0.15, 0.2) is 24.5 Å². The van der Waals surface area contributed by atoms with Gasteiger partial charge in [-0.15, -0.1) is 0 Å². The maximum Gasteiger partial charge on any atom is 0.318 e. The van der Waals surface area contributed by atoms with Crippen molar-refractivity contribution in [1.29, 1.82) is 0 Å². The topological polar surface area (TPSA) is 138 Å². The van der Waals surface area contributed by atoms with Gasteiger partial charge in [-0.3, -0.25) is 19.4 Å². The zero-order valence-electron chi connectivity index (χ0n) is 21.6. The molecule has 0 unspecified atom stereocenters. The Morgan fingerprint density at radius 1 is 1.00 bits per heavy atom. The lowest BCUT2D eigenvalue weighted by Gasteiger charge is -2.41. The molecule has 4 rings (SSSR count). The molecule has 10 heteroatoms. The predicted molar refractivity (Wildman–Crippen MR) is 138 cm³/mol. The van der Waals surface area contributed by atoms with Crippen LogP contribution in [0.3, 0.4) is 0 Å². The maximum absolute atomic E-state index is 13.6. The molecule has 1 saturated heterocycles. The number of amides is 5. The number of aromatic nitrogens is 1. The average molecular weight is 513 g/mol. The van der Waals surface area contributed by atoms with Crippen LogP contribution in [0.2, 0.25) is 0 Å². The van der Waals surface area contributed by atoms with E-state index in [9.17, 15) is 19.2 Å². The molecule has 0 bridgehead atoms. The Morgan fingerprint density at radius 2 is 1.70 bits per heavy atom. The molecule has 2 aliphatic carbocycles. The molecule has 3 fully saturated rings. The molecule has 2 saturated carbocycles. The van der Waals surface area contributed by atoms with Crippen molar-refractivity contribution in [2.24, 2.45) is 11.7 Å². The summed E-state index contributed by atoms with van der Waals surface area (Å²) in [6.07, 6.45) is 14.2. The number of hydrogen-bond donors (Lipinski definition) is 3. The van der Waals surface area contributed by atoms with Crippen molar-refractivity contribution in [1.82, 2.24) is 25.4 Å². The number of nitrogens with zero attached hydrogens (tertiary/aromatic N) is 3. The van der Waals surface area contributed by atoms with Crippen LogP contribution in [0.5, 0.6) is 0 Å². The second-order valence-corrected chi connectivity index (χ2v) is 10.7. The summed E-state index contributed by atoms with van der Waals surface area (Å²) in [5, 5.41) is 5.93. The van der Waals surface area contributed by atoms with Crippen LogP contribution in [0, 0.1) is 5.92 Å². The van der Waals surface area contributed by atoms with Crippen LogP contribution in [-0.4, -0.2) is 76.3 Å². The second-order valence-electron chi connectivity index (χ2n) is 10.7. The van der Waals surface area contributed by atoms with Gasteiger partial charge in [0.05, 0.1) is 12.1 Å². The molecule has 4 N–H and O–H groups in total. The van der Waals surface area contributed by atoms with E-state index in [4.69, 9.17) is 5.73 Å². The highest BCUT2D eigenvalue weighted by Crippen LogP contribution is 2.27. The third-order valence-electron chi connectivity index (χ3n) is 8.03. The van der Waals surface area contributed by atoms with E-state index in [0.29, 0.717) is 24.4 Å². The van der Waals surface area contributed by atoms with Crippen molar-refractivity contribution in [3.8, 4) is 0 Å². The summed E-state index contributed by atoms with van der Waals surface area (Å²) >= 11 is 0. The van der Waals surface area contributed by atoms with E-state index in [1.165, 1.54) is 23.9 Å². The van der Waals surface area contributed by atoms with Gasteiger partial charge < -0.3 is 26.2 Å². The Morgan fingerprint density at radius 3 is 2.35 bits per heavy atom. The van der Waals surface area contributed by atoms with Crippen LogP contribution in [0.25, 0.3) is 0 Å². The fraction of sp³-hybridized carbons (Fsp3) is 0.667. The fourth-order valence-electron chi connectivity index (χ4n) is 5.88. The molecule has 10 nitrogen and oxygen atoms in total.